The molecule has 6 nitrogen and oxygen atoms in total. The van der Waals surface area contributed by atoms with Gasteiger partial charge in [0.2, 0.25) is 0 Å². The summed E-state index contributed by atoms with van der Waals surface area (Å²) < 4.78 is 10.7. The van der Waals surface area contributed by atoms with Gasteiger partial charge >= 0.3 is 0 Å². The largest absolute Gasteiger partial charge is 0.469 e. The molecule has 2 aromatic rings. The number of hydrogen-bond donors (Lipinski definition) is 0. The van der Waals surface area contributed by atoms with E-state index in [0.29, 0.717) is 6.54 Å². The van der Waals surface area contributed by atoms with Gasteiger partial charge in [0.25, 0.3) is 0 Å². The molecule has 0 radical (unpaired) electrons. The van der Waals surface area contributed by atoms with E-state index < -0.39 is 0 Å². The van der Waals surface area contributed by atoms with Crippen LogP contribution < -0.4 is 4.90 Å². The Morgan fingerprint density at radius 3 is 3.18 bits per heavy atom. The normalized spacial score (nSPS) is 25.1. The lowest BCUT2D eigenvalue weighted by molar-refractivity contribution is 0.360. The zero-order valence-electron chi connectivity index (χ0n) is 11.6. The van der Waals surface area contributed by atoms with E-state index in [-0.39, 0.29) is 5.41 Å². The molecule has 3 aliphatic heterocycles. The Morgan fingerprint density at radius 2 is 2.27 bits per heavy atom. The number of nitrogens with zero attached hydrogens (tertiary/aromatic N) is 4. The molecule has 3 aliphatic rings. The lowest BCUT2D eigenvalue weighted by Gasteiger charge is -2.43. The van der Waals surface area contributed by atoms with Crippen molar-refractivity contribution in [3.63, 3.8) is 0 Å². The summed E-state index contributed by atoms with van der Waals surface area (Å²) in [5.41, 5.74) is 3.87. The van der Waals surface area contributed by atoms with Gasteiger partial charge < -0.3 is 14.2 Å². The Labute approximate surface area is 126 Å². The Hall–Kier alpha value is -2.89. The zero-order valence-corrected chi connectivity index (χ0v) is 11.6. The highest BCUT2D eigenvalue weighted by molar-refractivity contribution is 5.89. The van der Waals surface area contributed by atoms with Crippen LogP contribution in [0.1, 0.15) is 5.56 Å². The van der Waals surface area contributed by atoms with Crippen molar-refractivity contribution in [3.05, 3.63) is 48.3 Å². The molecule has 0 N–H and O–H groups in total. The lowest BCUT2D eigenvalue weighted by Crippen LogP contribution is -2.44. The summed E-state index contributed by atoms with van der Waals surface area (Å²) in [5, 5.41) is 4.89. The van der Waals surface area contributed by atoms with Crippen molar-refractivity contribution in [1.82, 2.24) is 5.16 Å². The van der Waals surface area contributed by atoms with Crippen molar-refractivity contribution >= 4 is 29.2 Å². The van der Waals surface area contributed by atoms with Crippen LogP contribution >= 0.6 is 0 Å². The van der Waals surface area contributed by atoms with Crippen LogP contribution in [0.3, 0.4) is 0 Å². The molecule has 108 valence electrons. The third kappa shape index (κ3) is 1.46. The van der Waals surface area contributed by atoms with Gasteiger partial charge in [0.15, 0.2) is 5.58 Å². The number of ether oxygens (including phenoxy) is 1. The fraction of sp³-hybridized carbons (Fsp3) is 0.188. The fourth-order valence-corrected chi connectivity index (χ4v) is 3.37. The van der Waals surface area contributed by atoms with Gasteiger partial charge in [-0.05, 0) is 18.1 Å². The van der Waals surface area contributed by atoms with Crippen LogP contribution in [-0.2, 0) is 11.2 Å². The second-order valence-electron chi connectivity index (χ2n) is 5.71. The van der Waals surface area contributed by atoms with Crippen molar-refractivity contribution in [2.75, 3.05) is 11.4 Å². The average Bonchev–Trinajstić information content (AvgIpc) is 3.02. The standard InChI is InChI=1S/C16H12N4O2/c1-2-21-7-15-16(8-17-10-18-9-16)5-11-3-12-6-19-22-14(12)4-13(11)20(1)15/h1-4,6-8,10H,5,9H2. The van der Waals surface area contributed by atoms with Crippen molar-refractivity contribution in [2.45, 2.75) is 6.42 Å². The molecule has 0 fully saturated rings. The molecule has 0 aliphatic carbocycles. The van der Waals surface area contributed by atoms with Gasteiger partial charge in [-0.2, -0.15) is 0 Å². The summed E-state index contributed by atoms with van der Waals surface area (Å²) in [7, 11) is 0. The highest BCUT2D eigenvalue weighted by Gasteiger charge is 2.43. The first kappa shape index (κ1) is 11.7. The predicted octanol–water partition coefficient (Wildman–Crippen LogP) is 2.63. The molecule has 0 amide bonds. The van der Waals surface area contributed by atoms with Crippen LogP contribution in [0, 0.1) is 5.41 Å². The predicted molar refractivity (Wildman–Crippen MR) is 82.8 cm³/mol. The van der Waals surface area contributed by atoms with E-state index in [9.17, 15) is 0 Å². The van der Waals surface area contributed by atoms with E-state index in [2.05, 4.69) is 26.1 Å². The van der Waals surface area contributed by atoms with Gasteiger partial charge in [-0.3, -0.25) is 4.99 Å². The summed E-state index contributed by atoms with van der Waals surface area (Å²) in [6.07, 6.45) is 11.5. The van der Waals surface area contributed by atoms with Crippen molar-refractivity contribution in [3.8, 4) is 0 Å². The van der Waals surface area contributed by atoms with E-state index in [0.717, 1.165) is 28.8 Å². The summed E-state index contributed by atoms with van der Waals surface area (Å²) >= 11 is 0. The van der Waals surface area contributed by atoms with E-state index in [1.54, 1.807) is 25.1 Å². The Balaban J connectivity index is 1.76. The zero-order chi connectivity index (χ0) is 14.6. The van der Waals surface area contributed by atoms with Gasteiger partial charge in [-0.25, -0.2) is 4.99 Å². The van der Waals surface area contributed by atoms with Gasteiger partial charge in [0.1, 0.15) is 18.9 Å². The summed E-state index contributed by atoms with van der Waals surface area (Å²) in [4.78, 5) is 10.8. The molecule has 6 heteroatoms. The Kier molecular flexibility index (Phi) is 2.17. The molecule has 4 heterocycles. The van der Waals surface area contributed by atoms with E-state index in [1.807, 2.05) is 18.5 Å². The molecule has 5 rings (SSSR count). The second-order valence-corrected chi connectivity index (χ2v) is 5.71. The van der Waals surface area contributed by atoms with Crippen LogP contribution in [-0.4, -0.2) is 24.3 Å². The number of hydrogen-bond acceptors (Lipinski definition) is 6. The third-order valence-corrected chi connectivity index (χ3v) is 4.40. The minimum absolute atomic E-state index is 0.267. The number of aliphatic imine (C=N–C) groups is 2. The first-order valence-electron chi connectivity index (χ1n) is 7.08. The van der Waals surface area contributed by atoms with Crippen LogP contribution in [0.2, 0.25) is 0 Å². The highest BCUT2D eigenvalue weighted by Crippen LogP contribution is 2.46. The summed E-state index contributed by atoms with van der Waals surface area (Å²) in [6, 6.07) is 4.16. The SMILES string of the molecule is C1=CN2C(=CO1)C1(C=NC=NC1)Cc1cc3cnoc3cc12. The van der Waals surface area contributed by atoms with E-state index >= 15 is 0 Å². The van der Waals surface area contributed by atoms with E-state index in [1.165, 1.54) is 5.56 Å². The maximum atomic E-state index is 5.42. The van der Waals surface area contributed by atoms with Gasteiger partial charge in [-0.15, -0.1) is 0 Å². The van der Waals surface area contributed by atoms with Gasteiger partial charge in [0, 0.05) is 23.9 Å². The monoisotopic (exact) mass is 292 g/mol. The quantitative estimate of drug-likeness (QED) is 0.749. The Bertz CT molecular complexity index is 893. The minimum Gasteiger partial charge on any atom is -0.469 e. The molecular formula is C16H12N4O2. The molecule has 1 spiro atoms. The van der Waals surface area contributed by atoms with Crippen molar-refractivity contribution in [2.24, 2.45) is 15.4 Å². The molecule has 22 heavy (non-hydrogen) atoms. The van der Waals surface area contributed by atoms with Crippen molar-refractivity contribution in [1.29, 1.82) is 0 Å². The lowest BCUT2D eigenvalue weighted by atomic mass is 9.75. The number of anilines is 1. The van der Waals surface area contributed by atoms with E-state index in [4.69, 9.17) is 9.26 Å². The Morgan fingerprint density at radius 1 is 1.27 bits per heavy atom. The first-order valence-corrected chi connectivity index (χ1v) is 7.08. The van der Waals surface area contributed by atoms with Crippen LogP contribution in [0.25, 0.3) is 11.0 Å². The molecule has 0 saturated carbocycles. The second kappa shape index (κ2) is 4.07. The fourth-order valence-electron chi connectivity index (χ4n) is 3.37. The molecule has 1 atom stereocenters. The smallest absolute Gasteiger partial charge is 0.168 e. The molecular weight excluding hydrogens is 280 g/mol. The molecule has 1 unspecified atom stereocenters. The van der Waals surface area contributed by atoms with Gasteiger partial charge in [-0.1, -0.05) is 5.16 Å². The maximum absolute atomic E-state index is 5.42. The maximum Gasteiger partial charge on any atom is 0.168 e. The summed E-state index contributed by atoms with van der Waals surface area (Å²) in [5.74, 6) is 0. The highest BCUT2D eigenvalue weighted by atomic mass is 16.5. The first-order chi connectivity index (χ1) is 10.9. The molecule has 0 bridgehead atoms. The molecule has 1 aromatic heterocycles. The topological polar surface area (TPSA) is 63.2 Å². The number of aromatic nitrogens is 1. The average molecular weight is 292 g/mol. The number of rotatable bonds is 0. The van der Waals surface area contributed by atoms with Crippen LogP contribution in [0.15, 0.2) is 57.3 Å². The summed E-state index contributed by atoms with van der Waals surface area (Å²) in [6.45, 7) is 0.664. The van der Waals surface area contributed by atoms with Crippen LogP contribution in [0.5, 0.6) is 0 Å². The van der Waals surface area contributed by atoms with Crippen LogP contribution in [0.4, 0.5) is 5.69 Å². The minimum atomic E-state index is -0.267. The van der Waals surface area contributed by atoms with Gasteiger partial charge in [0.05, 0.1) is 29.5 Å². The number of fused-ring (bicyclic) bond motifs is 5. The third-order valence-electron chi connectivity index (χ3n) is 4.40. The van der Waals surface area contributed by atoms with Crippen molar-refractivity contribution < 1.29 is 9.26 Å². The molecule has 0 saturated heterocycles. The number of benzene rings is 1. The molecule has 1 aromatic carbocycles.